The summed E-state index contributed by atoms with van der Waals surface area (Å²) in [7, 11) is 5.68. The average Bonchev–Trinajstić information content (AvgIpc) is 2.93. The van der Waals surface area contributed by atoms with Gasteiger partial charge in [-0.2, -0.15) is 0 Å². The summed E-state index contributed by atoms with van der Waals surface area (Å²) in [5.74, 6) is 2.45. The first-order valence-corrected chi connectivity index (χ1v) is 7.48. The first kappa shape index (κ1) is 15.6. The number of methoxy groups -OCH3 is 1. The quantitative estimate of drug-likeness (QED) is 0.634. The van der Waals surface area contributed by atoms with E-state index in [1.54, 1.807) is 14.2 Å². The highest BCUT2D eigenvalue weighted by Crippen LogP contribution is 2.16. The lowest BCUT2D eigenvalue weighted by Gasteiger charge is -2.16. The van der Waals surface area contributed by atoms with Crippen molar-refractivity contribution in [2.75, 3.05) is 40.8 Å². The Morgan fingerprint density at radius 2 is 2.19 bits per heavy atom. The van der Waals surface area contributed by atoms with E-state index in [2.05, 4.69) is 33.6 Å². The monoisotopic (exact) mass is 290 g/mol. The summed E-state index contributed by atoms with van der Waals surface area (Å²) in [5.41, 5.74) is 1.13. The Morgan fingerprint density at radius 3 is 2.86 bits per heavy atom. The largest absolute Gasteiger partial charge is 0.496 e. The molecule has 1 saturated heterocycles. The van der Waals surface area contributed by atoms with E-state index in [-0.39, 0.29) is 0 Å². The summed E-state index contributed by atoms with van der Waals surface area (Å²) in [6.45, 7) is 4.03. The molecule has 0 spiro atoms. The van der Waals surface area contributed by atoms with Crippen LogP contribution in [0.4, 0.5) is 0 Å². The second-order valence-electron chi connectivity index (χ2n) is 5.54. The molecule has 0 bridgehead atoms. The van der Waals surface area contributed by atoms with E-state index in [4.69, 9.17) is 4.74 Å². The molecule has 0 aliphatic carbocycles. The lowest BCUT2D eigenvalue weighted by atomic mass is 10.1. The summed E-state index contributed by atoms with van der Waals surface area (Å²) in [5, 5.41) is 6.75. The summed E-state index contributed by atoms with van der Waals surface area (Å²) >= 11 is 0. The van der Waals surface area contributed by atoms with Crippen LogP contribution in [0.3, 0.4) is 0 Å². The van der Waals surface area contributed by atoms with Crippen molar-refractivity contribution in [1.82, 2.24) is 15.5 Å². The van der Waals surface area contributed by atoms with Crippen molar-refractivity contribution in [3.63, 3.8) is 0 Å². The van der Waals surface area contributed by atoms with Gasteiger partial charge in [0.15, 0.2) is 5.96 Å². The Balaban J connectivity index is 1.80. The van der Waals surface area contributed by atoms with E-state index in [1.165, 1.54) is 13.0 Å². The molecule has 0 radical (unpaired) electrons. The molecule has 1 aliphatic rings. The highest BCUT2D eigenvalue weighted by molar-refractivity contribution is 5.79. The minimum absolute atomic E-state index is 0.703. The number of nitrogens with one attached hydrogen (secondary N) is 2. The van der Waals surface area contributed by atoms with Crippen LogP contribution >= 0.6 is 0 Å². The van der Waals surface area contributed by atoms with Crippen LogP contribution < -0.4 is 15.4 Å². The molecule has 116 valence electrons. The zero-order valence-electron chi connectivity index (χ0n) is 13.2. The van der Waals surface area contributed by atoms with Crippen molar-refractivity contribution in [2.24, 2.45) is 10.9 Å². The minimum atomic E-state index is 0.703. The fraction of sp³-hybridized carbons (Fsp3) is 0.562. The normalized spacial score (nSPS) is 19.6. The number of ether oxygens (including phenoxy) is 1. The number of rotatable bonds is 5. The van der Waals surface area contributed by atoms with E-state index in [1.807, 2.05) is 18.2 Å². The van der Waals surface area contributed by atoms with Crippen molar-refractivity contribution in [2.45, 2.75) is 13.0 Å². The maximum Gasteiger partial charge on any atom is 0.191 e. The molecule has 1 fully saturated rings. The Kier molecular flexibility index (Phi) is 5.87. The Hall–Kier alpha value is -1.75. The summed E-state index contributed by atoms with van der Waals surface area (Å²) in [6, 6.07) is 8.03. The number of nitrogens with zero attached hydrogens (tertiary/aromatic N) is 2. The van der Waals surface area contributed by atoms with E-state index in [0.29, 0.717) is 12.5 Å². The van der Waals surface area contributed by atoms with Crippen molar-refractivity contribution in [1.29, 1.82) is 0 Å². The molecule has 5 nitrogen and oxygen atoms in total. The van der Waals surface area contributed by atoms with Crippen molar-refractivity contribution in [3.05, 3.63) is 29.8 Å². The topological polar surface area (TPSA) is 48.9 Å². The molecular formula is C16H26N4O. The average molecular weight is 290 g/mol. The summed E-state index contributed by atoms with van der Waals surface area (Å²) < 4.78 is 5.36. The van der Waals surface area contributed by atoms with Gasteiger partial charge in [-0.3, -0.25) is 4.99 Å². The number of hydrogen-bond acceptors (Lipinski definition) is 3. The van der Waals surface area contributed by atoms with E-state index >= 15 is 0 Å². The van der Waals surface area contributed by atoms with Gasteiger partial charge >= 0.3 is 0 Å². The third-order valence-corrected chi connectivity index (χ3v) is 3.91. The number of para-hydroxylation sites is 1. The van der Waals surface area contributed by atoms with Crippen LogP contribution in [0.1, 0.15) is 12.0 Å². The molecule has 0 saturated carbocycles. The Bertz CT molecular complexity index is 475. The first-order chi connectivity index (χ1) is 10.2. The van der Waals surface area contributed by atoms with Crippen LogP contribution in [-0.2, 0) is 6.54 Å². The molecule has 1 aromatic rings. The van der Waals surface area contributed by atoms with Gasteiger partial charge in [0.25, 0.3) is 0 Å². The summed E-state index contributed by atoms with van der Waals surface area (Å²) in [6.07, 6.45) is 1.26. The molecule has 1 unspecified atom stereocenters. The maximum absolute atomic E-state index is 5.36. The second-order valence-corrected chi connectivity index (χ2v) is 5.54. The highest BCUT2D eigenvalue weighted by atomic mass is 16.5. The van der Waals surface area contributed by atoms with Crippen molar-refractivity contribution >= 4 is 5.96 Å². The molecule has 1 atom stereocenters. The van der Waals surface area contributed by atoms with Crippen molar-refractivity contribution < 1.29 is 4.74 Å². The van der Waals surface area contributed by atoms with E-state index < -0.39 is 0 Å². The Morgan fingerprint density at radius 1 is 1.38 bits per heavy atom. The first-order valence-electron chi connectivity index (χ1n) is 7.48. The third-order valence-electron chi connectivity index (χ3n) is 3.91. The van der Waals surface area contributed by atoms with Gasteiger partial charge in [-0.25, -0.2) is 0 Å². The SMILES string of the molecule is CN=C(NCc1ccccc1OC)NCC1CCN(C)C1. The molecular weight excluding hydrogens is 264 g/mol. The van der Waals surface area contributed by atoms with Gasteiger partial charge in [-0.1, -0.05) is 18.2 Å². The lowest BCUT2D eigenvalue weighted by Crippen LogP contribution is -2.39. The van der Waals surface area contributed by atoms with Gasteiger partial charge in [-0.15, -0.1) is 0 Å². The number of likely N-dealkylation sites (tertiary alicyclic amines) is 1. The minimum Gasteiger partial charge on any atom is -0.496 e. The van der Waals surface area contributed by atoms with Crippen LogP contribution in [0.15, 0.2) is 29.3 Å². The standard InChI is InChI=1S/C16H26N4O/c1-17-16(18-10-13-8-9-20(2)12-13)19-11-14-6-4-5-7-15(14)21-3/h4-7,13H,8-12H2,1-3H3,(H2,17,18,19). The molecule has 2 rings (SSSR count). The number of guanidine groups is 1. The van der Waals surface area contributed by atoms with Crippen LogP contribution in [0, 0.1) is 5.92 Å². The van der Waals surface area contributed by atoms with Gasteiger partial charge in [0, 0.05) is 32.2 Å². The molecule has 1 aliphatic heterocycles. The van der Waals surface area contributed by atoms with Crippen LogP contribution in [0.5, 0.6) is 5.75 Å². The summed E-state index contributed by atoms with van der Waals surface area (Å²) in [4.78, 5) is 6.65. The molecule has 5 heteroatoms. The zero-order chi connectivity index (χ0) is 15.1. The van der Waals surface area contributed by atoms with Crippen LogP contribution in [-0.4, -0.2) is 51.7 Å². The predicted molar refractivity (Wildman–Crippen MR) is 86.8 cm³/mol. The van der Waals surface area contributed by atoms with E-state index in [9.17, 15) is 0 Å². The zero-order valence-corrected chi connectivity index (χ0v) is 13.2. The predicted octanol–water partition coefficient (Wildman–Crippen LogP) is 1.31. The lowest BCUT2D eigenvalue weighted by molar-refractivity contribution is 0.393. The van der Waals surface area contributed by atoms with Crippen molar-refractivity contribution in [3.8, 4) is 5.75 Å². The second kappa shape index (κ2) is 7.88. The fourth-order valence-corrected chi connectivity index (χ4v) is 2.68. The number of hydrogen-bond donors (Lipinski definition) is 2. The molecule has 0 aromatic heterocycles. The molecule has 1 heterocycles. The van der Waals surface area contributed by atoms with Gasteiger partial charge in [0.1, 0.15) is 5.75 Å². The van der Waals surface area contributed by atoms with Crippen LogP contribution in [0.2, 0.25) is 0 Å². The van der Waals surface area contributed by atoms with Gasteiger partial charge in [0.05, 0.1) is 7.11 Å². The molecule has 2 N–H and O–H groups in total. The maximum atomic E-state index is 5.36. The number of benzene rings is 1. The van der Waals surface area contributed by atoms with Crippen LogP contribution in [0.25, 0.3) is 0 Å². The Labute approximate surface area is 127 Å². The highest BCUT2D eigenvalue weighted by Gasteiger charge is 2.19. The molecule has 0 amide bonds. The third kappa shape index (κ3) is 4.63. The fourth-order valence-electron chi connectivity index (χ4n) is 2.68. The van der Waals surface area contributed by atoms with E-state index in [0.717, 1.165) is 30.4 Å². The van der Waals surface area contributed by atoms with Gasteiger partial charge < -0.3 is 20.3 Å². The van der Waals surface area contributed by atoms with Gasteiger partial charge in [-0.05, 0) is 32.0 Å². The molecule has 1 aromatic carbocycles. The molecule has 21 heavy (non-hydrogen) atoms. The smallest absolute Gasteiger partial charge is 0.191 e. The van der Waals surface area contributed by atoms with Gasteiger partial charge in [0.2, 0.25) is 0 Å². The number of aliphatic imine (C=N–C) groups is 1.